The summed E-state index contributed by atoms with van der Waals surface area (Å²) in [6, 6.07) is 0. The van der Waals surface area contributed by atoms with Gasteiger partial charge in [-0.1, -0.05) is 34.6 Å². The Balaban J connectivity index is 3.89. The van der Waals surface area contributed by atoms with Crippen LogP contribution in [-0.2, 0) is 4.74 Å². The summed E-state index contributed by atoms with van der Waals surface area (Å²) in [4.78, 5) is 0. The molecule has 3 nitrogen and oxygen atoms in total. The SMILES string of the molecule is CC(C)C(CO)COCC(C)C(C)(C)CN. The van der Waals surface area contributed by atoms with Crippen molar-refractivity contribution >= 4 is 0 Å². The smallest absolute Gasteiger partial charge is 0.0518 e. The van der Waals surface area contributed by atoms with Crippen LogP contribution in [0.1, 0.15) is 34.6 Å². The van der Waals surface area contributed by atoms with E-state index in [2.05, 4.69) is 34.6 Å². The van der Waals surface area contributed by atoms with Gasteiger partial charge in [-0.25, -0.2) is 0 Å². The molecule has 0 aromatic heterocycles. The van der Waals surface area contributed by atoms with Crippen LogP contribution < -0.4 is 5.73 Å². The third-order valence-corrected chi connectivity index (χ3v) is 3.74. The zero-order valence-electron chi connectivity index (χ0n) is 11.5. The van der Waals surface area contributed by atoms with Gasteiger partial charge in [0.1, 0.15) is 0 Å². The number of rotatable bonds is 8. The topological polar surface area (TPSA) is 55.5 Å². The zero-order valence-corrected chi connectivity index (χ0v) is 11.5. The number of ether oxygens (including phenoxy) is 1. The van der Waals surface area contributed by atoms with Gasteiger partial charge in [-0.2, -0.15) is 0 Å². The lowest BCUT2D eigenvalue weighted by molar-refractivity contribution is 0.0158. The van der Waals surface area contributed by atoms with Crippen LogP contribution in [0.5, 0.6) is 0 Å². The molecule has 0 bridgehead atoms. The molecule has 0 saturated carbocycles. The Morgan fingerprint density at radius 3 is 2.12 bits per heavy atom. The summed E-state index contributed by atoms with van der Waals surface area (Å²) in [6.07, 6.45) is 0. The normalized spacial score (nSPS) is 16.5. The van der Waals surface area contributed by atoms with E-state index < -0.39 is 0 Å². The molecule has 0 aliphatic heterocycles. The van der Waals surface area contributed by atoms with Crippen molar-refractivity contribution in [2.75, 3.05) is 26.4 Å². The van der Waals surface area contributed by atoms with Crippen LogP contribution in [0, 0.1) is 23.2 Å². The van der Waals surface area contributed by atoms with Crippen molar-refractivity contribution in [3.8, 4) is 0 Å². The highest BCUT2D eigenvalue weighted by atomic mass is 16.5. The van der Waals surface area contributed by atoms with Crippen LogP contribution in [0.15, 0.2) is 0 Å². The summed E-state index contributed by atoms with van der Waals surface area (Å²) in [7, 11) is 0. The highest BCUT2D eigenvalue weighted by molar-refractivity contribution is 4.75. The Morgan fingerprint density at radius 1 is 1.19 bits per heavy atom. The van der Waals surface area contributed by atoms with Gasteiger partial charge in [-0.15, -0.1) is 0 Å². The summed E-state index contributed by atoms with van der Waals surface area (Å²) in [5, 5.41) is 9.17. The number of nitrogens with two attached hydrogens (primary N) is 1. The fourth-order valence-corrected chi connectivity index (χ4v) is 1.28. The second kappa shape index (κ2) is 7.25. The van der Waals surface area contributed by atoms with Gasteiger partial charge in [-0.05, 0) is 23.8 Å². The van der Waals surface area contributed by atoms with E-state index in [-0.39, 0.29) is 17.9 Å². The maximum atomic E-state index is 9.17. The van der Waals surface area contributed by atoms with Gasteiger partial charge >= 0.3 is 0 Å². The molecule has 0 aromatic carbocycles. The Hall–Kier alpha value is -0.120. The first kappa shape index (κ1) is 15.9. The molecule has 3 heteroatoms. The summed E-state index contributed by atoms with van der Waals surface area (Å²) in [5.74, 6) is 1.14. The molecule has 0 aliphatic carbocycles. The van der Waals surface area contributed by atoms with E-state index in [1.165, 1.54) is 0 Å². The Kier molecular flexibility index (Phi) is 7.20. The molecule has 2 atom stereocenters. The molecule has 98 valence electrons. The zero-order chi connectivity index (χ0) is 12.8. The molecular weight excluding hydrogens is 202 g/mol. The minimum Gasteiger partial charge on any atom is -0.396 e. The Labute approximate surface area is 100 Å². The molecule has 0 fully saturated rings. The minimum absolute atomic E-state index is 0.118. The molecule has 0 amide bonds. The van der Waals surface area contributed by atoms with Crippen molar-refractivity contribution in [2.45, 2.75) is 34.6 Å². The van der Waals surface area contributed by atoms with Crippen molar-refractivity contribution in [1.82, 2.24) is 0 Å². The van der Waals surface area contributed by atoms with Crippen LogP contribution in [0.25, 0.3) is 0 Å². The van der Waals surface area contributed by atoms with Gasteiger partial charge < -0.3 is 15.6 Å². The Morgan fingerprint density at radius 2 is 1.75 bits per heavy atom. The van der Waals surface area contributed by atoms with Crippen molar-refractivity contribution in [3.05, 3.63) is 0 Å². The van der Waals surface area contributed by atoms with Gasteiger partial charge in [-0.3, -0.25) is 0 Å². The second-order valence-corrected chi connectivity index (χ2v) is 5.82. The molecule has 16 heavy (non-hydrogen) atoms. The lowest BCUT2D eigenvalue weighted by Crippen LogP contribution is -2.34. The number of hydrogen-bond donors (Lipinski definition) is 2. The van der Waals surface area contributed by atoms with Crippen molar-refractivity contribution in [3.63, 3.8) is 0 Å². The van der Waals surface area contributed by atoms with Gasteiger partial charge in [0.25, 0.3) is 0 Å². The largest absolute Gasteiger partial charge is 0.396 e. The molecule has 0 spiro atoms. The van der Waals surface area contributed by atoms with Gasteiger partial charge in [0, 0.05) is 19.1 Å². The van der Waals surface area contributed by atoms with E-state index in [0.717, 1.165) is 0 Å². The maximum Gasteiger partial charge on any atom is 0.0518 e. The summed E-state index contributed by atoms with van der Waals surface area (Å²) >= 11 is 0. The van der Waals surface area contributed by atoms with Crippen LogP contribution in [-0.4, -0.2) is 31.5 Å². The quantitative estimate of drug-likeness (QED) is 0.670. The highest BCUT2D eigenvalue weighted by Gasteiger charge is 2.24. The Bertz CT molecular complexity index is 181. The second-order valence-electron chi connectivity index (χ2n) is 5.82. The average molecular weight is 231 g/mol. The summed E-state index contributed by atoms with van der Waals surface area (Å²) in [5.41, 5.74) is 5.84. The highest BCUT2D eigenvalue weighted by Crippen LogP contribution is 2.25. The van der Waals surface area contributed by atoms with Crippen LogP contribution >= 0.6 is 0 Å². The van der Waals surface area contributed by atoms with Crippen LogP contribution in [0.3, 0.4) is 0 Å². The monoisotopic (exact) mass is 231 g/mol. The predicted molar refractivity (Wildman–Crippen MR) is 68.2 cm³/mol. The van der Waals surface area contributed by atoms with E-state index in [0.29, 0.717) is 31.6 Å². The number of aliphatic hydroxyl groups is 1. The van der Waals surface area contributed by atoms with E-state index >= 15 is 0 Å². The van der Waals surface area contributed by atoms with Gasteiger partial charge in [0.05, 0.1) is 6.61 Å². The molecule has 0 aliphatic rings. The predicted octanol–water partition coefficient (Wildman–Crippen LogP) is 1.89. The molecule has 0 aromatic rings. The maximum absolute atomic E-state index is 9.17. The standard InChI is InChI=1S/C13H29NO2/c1-10(2)12(6-15)8-16-7-11(3)13(4,5)9-14/h10-12,15H,6-9,14H2,1-5H3. The number of aliphatic hydroxyl groups excluding tert-OH is 1. The van der Waals surface area contributed by atoms with E-state index in [9.17, 15) is 0 Å². The van der Waals surface area contributed by atoms with Gasteiger partial charge in [0.2, 0.25) is 0 Å². The third-order valence-electron chi connectivity index (χ3n) is 3.74. The van der Waals surface area contributed by atoms with E-state index in [4.69, 9.17) is 15.6 Å². The average Bonchev–Trinajstić information content (AvgIpc) is 2.23. The lowest BCUT2D eigenvalue weighted by Gasteiger charge is -2.30. The molecule has 3 N–H and O–H groups in total. The van der Waals surface area contributed by atoms with Crippen molar-refractivity contribution < 1.29 is 9.84 Å². The van der Waals surface area contributed by atoms with Crippen molar-refractivity contribution in [1.29, 1.82) is 0 Å². The molecule has 0 heterocycles. The molecule has 0 saturated heterocycles. The fraction of sp³-hybridized carbons (Fsp3) is 1.00. The first-order chi connectivity index (χ1) is 7.35. The third kappa shape index (κ3) is 5.28. The van der Waals surface area contributed by atoms with Crippen LogP contribution in [0.2, 0.25) is 0 Å². The van der Waals surface area contributed by atoms with Gasteiger partial charge in [0.15, 0.2) is 0 Å². The first-order valence-electron chi connectivity index (χ1n) is 6.23. The van der Waals surface area contributed by atoms with Crippen LogP contribution in [0.4, 0.5) is 0 Å². The molecule has 0 rings (SSSR count). The molecule has 0 radical (unpaired) electrons. The van der Waals surface area contributed by atoms with E-state index in [1.807, 2.05) is 0 Å². The fourth-order valence-electron chi connectivity index (χ4n) is 1.28. The summed E-state index contributed by atoms with van der Waals surface area (Å²) in [6.45, 7) is 12.9. The van der Waals surface area contributed by atoms with Crippen molar-refractivity contribution in [2.24, 2.45) is 28.9 Å². The molecule has 2 unspecified atom stereocenters. The minimum atomic E-state index is 0.118. The lowest BCUT2D eigenvalue weighted by atomic mass is 9.80. The molecular formula is C13H29NO2. The van der Waals surface area contributed by atoms with E-state index in [1.54, 1.807) is 0 Å². The number of hydrogen-bond acceptors (Lipinski definition) is 3. The summed E-state index contributed by atoms with van der Waals surface area (Å²) < 4.78 is 5.68. The first-order valence-corrected chi connectivity index (χ1v) is 6.23.